The summed E-state index contributed by atoms with van der Waals surface area (Å²) < 4.78 is 13.1. The summed E-state index contributed by atoms with van der Waals surface area (Å²) in [7, 11) is 0. The molecule has 0 saturated carbocycles. The third kappa shape index (κ3) is 5.77. The number of piperidine rings is 1. The summed E-state index contributed by atoms with van der Waals surface area (Å²) in [4.78, 5) is 38.6. The molecule has 2 atom stereocenters. The van der Waals surface area contributed by atoms with Gasteiger partial charge in [-0.2, -0.15) is 0 Å². The lowest BCUT2D eigenvalue weighted by Crippen LogP contribution is -2.55. The van der Waals surface area contributed by atoms with Gasteiger partial charge in [0.25, 0.3) is 5.91 Å². The third-order valence-corrected chi connectivity index (χ3v) is 5.13. The standard InChI is InChI=1S/C20H28FN3O3/c1-4-13(2)22-20(27)18(15-9-11-24(12-10-15)14(3)25)23-19(26)16-5-7-17(21)8-6-16/h5-8,13,15,18H,4,9-12H2,1-3H3,(H,22,27)(H,23,26). The van der Waals surface area contributed by atoms with E-state index in [1.807, 2.05) is 13.8 Å². The van der Waals surface area contributed by atoms with Crippen LogP contribution in [0.25, 0.3) is 0 Å². The zero-order chi connectivity index (χ0) is 20.0. The lowest BCUT2D eigenvalue weighted by molar-refractivity contribution is -0.130. The largest absolute Gasteiger partial charge is 0.352 e. The third-order valence-electron chi connectivity index (χ3n) is 5.13. The van der Waals surface area contributed by atoms with E-state index in [0.29, 0.717) is 31.5 Å². The maximum absolute atomic E-state index is 13.1. The maximum atomic E-state index is 13.1. The highest BCUT2D eigenvalue weighted by atomic mass is 19.1. The van der Waals surface area contributed by atoms with E-state index in [-0.39, 0.29) is 23.8 Å². The van der Waals surface area contributed by atoms with Crippen molar-refractivity contribution in [3.63, 3.8) is 0 Å². The molecule has 1 fully saturated rings. The molecule has 148 valence electrons. The van der Waals surface area contributed by atoms with E-state index in [0.717, 1.165) is 6.42 Å². The molecule has 0 bridgehead atoms. The molecule has 6 nitrogen and oxygen atoms in total. The first kappa shape index (κ1) is 20.9. The minimum Gasteiger partial charge on any atom is -0.352 e. The fourth-order valence-electron chi connectivity index (χ4n) is 3.21. The van der Waals surface area contributed by atoms with Crippen LogP contribution in [0.2, 0.25) is 0 Å². The number of benzene rings is 1. The number of likely N-dealkylation sites (tertiary alicyclic amines) is 1. The van der Waals surface area contributed by atoms with Crippen molar-refractivity contribution in [3.8, 4) is 0 Å². The van der Waals surface area contributed by atoms with E-state index in [1.54, 1.807) is 4.90 Å². The molecule has 0 aromatic heterocycles. The van der Waals surface area contributed by atoms with E-state index in [9.17, 15) is 18.8 Å². The lowest BCUT2D eigenvalue weighted by atomic mass is 9.88. The second-order valence-electron chi connectivity index (χ2n) is 7.12. The predicted molar refractivity (Wildman–Crippen MR) is 101 cm³/mol. The van der Waals surface area contributed by atoms with Crippen LogP contribution in [-0.2, 0) is 9.59 Å². The van der Waals surface area contributed by atoms with Crippen LogP contribution in [0.5, 0.6) is 0 Å². The molecule has 2 rings (SSSR count). The van der Waals surface area contributed by atoms with Gasteiger partial charge in [0.2, 0.25) is 11.8 Å². The van der Waals surface area contributed by atoms with Gasteiger partial charge in [-0.15, -0.1) is 0 Å². The molecular formula is C20H28FN3O3. The van der Waals surface area contributed by atoms with Crippen molar-refractivity contribution in [2.75, 3.05) is 13.1 Å². The molecule has 0 aliphatic carbocycles. The Bertz CT molecular complexity index is 670. The van der Waals surface area contributed by atoms with Crippen molar-refractivity contribution in [3.05, 3.63) is 35.6 Å². The Morgan fingerprint density at radius 2 is 1.74 bits per heavy atom. The molecule has 27 heavy (non-hydrogen) atoms. The van der Waals surface area contributed by atoms with Crippen LogP contribution in [0.1, 0.15) is 50.4 Å². The molecule has 2 N–H and O–H groups in total. The molecule has 1 aromatic rings. The number of carbonyl (C=O) groups excluding carboxylic acids is 3. The number of hydrogen-bond donors (Lipinski definition) is 2. The van der Waals surface area contributed by atoms with Crippen molar-refractivity contribution in [1.29, 1.82) is 0 Å². The van der Waals surface area contributed by atoms with Crippen molar-refractivity contribution >= 4 is 17.7 Å². The van der Waals surface area contributed by atoms with Crippen LogP contribution in [0.3, 0.4) is 0 Å². The highest BCUT2D eigenvalue weighted by Crippen LogP contribution is 2.22. The minimum absolute atomic E-state index is 0.0000295. The molecule has 1 saturated heterocycles. The van der Waals surface area contributed by atoms with Gasteiger partial charge in [-0.1, -0.05) is 6.92 Å². The molecule has 1 heterocycles. The molecule has 1 aliphatic rings. The zero-order valence-corrected chi connectivity index (χ0v) is 16.1. The van der Waals surface area contributed by atoms with E-state index < -0.39 is 17.8 Å². The van der Waals surface area contributed by atoms with Gasteiger partial charge in [0.1, 0.15) is 11.9 Å². The Kier molecular flexibility index (Phi) is 7.33. The quantitative estimate of drug-likeness (QED) is 0.797. The second kappa shape index (κ2) is 9.48. The molecule has 7 heteroatoms. The number of carbonyl (C=O) groups is 3. The Labute approximate surface area is 159 Å². The Balaban J connectivity index is 2.12. The van der Waals surface area contributed by atoms with E-state index in [4.69, 9.17) is 0 Å². The van der Waals surface area contributed by atoms with Gasteiger partial charge < -0.3 is 15.5 Å². The first-order chi connectivity index (χ1) is 12.8. The SMILES string of the molecule is CCC(C)NC(=O)C(NC(=O)c1ccc(F)cc1)C1CCN(C(C)=O)CC1. The summed E-state index contributed by atoms with van der Waals surface area (Å²) in [6.45, 7) is 6.56. The topological polar surface area (TPSA) is 78.5 Å². The zero-order valence-electron chi connectivity index (χ0n) is 16.1. The average molecular weight is 377 g/mol. The summed E-state index contributed by atoms with van der Waals surface area (Å²) in [6.07, 6.45) is 2.07. The van der Waals surface area contributed by atoms with Crippen molar-refractivity contribution < 1.29 is 18.8 Å². The Hall–Kier alpha value is -2.44. The highest BCUT2D eigenvalue weighted by molar-refractivity contribution is 5.97. The maximum Gasteiger partial charge on any atom is 0.251 e. The Morgan fingerprint density at radius 3 is 2.26 bits per heavy atom. The summed E-state index contributed by atoms with van der Waals surface area (Å²) in [5.41, 5.74) is 0.305. The van der Waals surface area contributed by atoms with Crippen LogP contribution in [-0.4, -0.2) is 47.8 Å². The number of amides is 3. The fourth-order valence-corrected chi connectivity index (χ4v) is 3.21. The predicted octanol–water partition coefficient (Wildman–Crippen LogP) is 2.10. The summed E-state index contributed by atoms with van der Waals surface area (Å²) >= 11 is 0. The van der Waals surface area contributed by atoms with Gasteiger partial charge in [0.05, 0.1) is 0 Å². The van der Waals surface area contributed by atoms with Crippen LogP contribution in [0.15, 0.2) is 24.3 Å². The second-order valence-corrected chi connectivity index (χ2v) is 7.12. The van der Waals surface area contributed by atoms with Gasteiger partial charge in [-0.25, -0.2) is 4.39 Å². The smallest absolute Gasteiger partial charge is 0.251 e. The molecule has 0 radical (unpaired) electrons. The molecular weight excluding hydrogens is 349 g/mol. The van der Waals surface area contributed by atoms with Gasteiger partial charge >= 0.3 is 0 Å². The van der Waals surface area contributed by atoms with Crippen LogP contribution in [0, 0.1) is 11.7 Å². The van der Waals surface area contributed by atoms with Gasteiger partial charge in [0.15, 0.2) is 0 Å². The molecule has 2 unspecified atom stereocenters. The fraction of sp³-hybridized carbons (Fsp3) is 0.550. The highest BCUT2D eigenvalue weighted by Gasteiger charge is 2.33. The van der Waals surface area contributed by atoms with Crippen LogP contribution >= 0.6 is 0 Å². The molecule has 0 spiro atoms. The Morgan fingerprint density at radius 1 is 1.15 bits per heavy atom. The molecule has 3 amide bonds. The van der Waals surface area contributed by atoms with E-state index in [2.05, 4.69) is 10.6 Å². The number of rotatable bonds is 6. The minimum atomic E-state index is -0.689. The van der Waals surface area contributed by atoms with E-state index in [1.165, 1.54) is 31.2 Å². The van der Waals surface area contributed by atoms with Gasteiger partial charge in [0, 0.05) is 31.6 Å². The molecule has 1 aromatic carbocycles. The summed E-state index contributed by atoms with van der Waals surface area (Å²) in [5, 5.41) is 5.75. The van der Waals surface area contributed by atoms with E-state index >= 15 is 0 Å². The lowest BCUT2D eigenvalue weighted by Gasteiger charge is -2.35. The van der Waals surface area contributed by atoms with Crippen molar-refractivity contribution in [2.24, 2.45) is 5.92 Å². The number of nitrogens with one attached hydrogen (secondary N) is 2. The first-order valence-corrected chi connectivity index (χ1v) is 9.44. The molecule has 1 aliphatic heterocycles. The van der Waals surface area contributed by atoms with Crippen LogP contribution in [0.4, 0.5) is 4.39 Å². The van der Waals surface area contributed by atoms with Gasteiger partial charge in [-0.3, -0.25) is 14.4 Å². The summed E-state index contributed by atoms with van der Waals surface area (Å²) in [6, 6.07) is 4.54. The number of hydrogen-bond acceptors (Lipinski definition) is 3. The van der Waals surface area contributed by atoms with Crippen molar-refractivity contribution in [2.45, 2.75) is 52.1 Å². The summed E-state index contributed by atoms with van der Waals surface area (Å²) in [5.74, 6) is -1.10. The first-order valence-electron chi connectivity index (χ1n) is 9.44. The van der Waals surface area contributed by atoms with Crippen LogP contribution < -0.4 is 10.6 Å². The average Bonchev–Trinajstić information content (AvgIpc) is 2.66. The number of halogens is 1. The van der Waals surface area contributed by atoms with Crippen molar-refractivity contribution in [1.82, 2.24) is 15.5 Å². The monoisotopic (exact) mass is 377 g/mol. The number of nitrogens with zero attached hydrogens (tertiary/aromatic N) is 1. The van der Waals surface area contributed by atoms with Gasteiger partial charge in [-0.05, 0) is 56.4 Å². The normalized spacial score (nSPS) is 17.1.